The van der Waals surface area contributed by atoms with Crippen LogP contribution in [0.5, 0.6) is 5.75 Å². The highest BCUT2D eigenvalue weighted by Crippen LogP contribution is 2.24. The monoisotopic (exact) mass is 414 g/mol. The van der Waals surface area contributed by atoms with E-state index in [2.05, 4.69) is 34.1 Å². The molecule has 0 aliphatic rings. The van der Waals surface area contributed by atoms with E-state index in [0.29, 0.717) is 18.3 Å². The Morgan fingerprint density at radius 3 is 2.37 bits per heavy atom. The number of alkyl carbamates (subject to hydrolysis) is 1. The topological polar surface area (TPSA) is 86.2 Å². The number of amides is 1. The fraction of sp³-hybridized carbons (Fsp3) is 0.565. The molecule has 0 saturated carbocycles. The molecular formula is C23H34N4O3. The smallest absolute Gasteiger partial charge is 0.408 e. The number of hydrogen-bond donors (Lipinski definition) is 1. The first-order valence-electron chi connectivity index (χ1n) is 10.3. The third-order valence-corrected chi connectivity index (χ3v) is 4.31. The summed E-state index contributed by atoms with van der Waals surface area (Å²) in [5.74, 6) is 1.04. The largest absolute Gasteiger partial charge is 0.489 e. The summed E-state index contributed by atoms with van der Waals surface area (Å²) in [4.78, 5) is 25.4. The molecule has 0 fully saturated rings. The van der Waals surface area contributed by atoms with E-state index in [1.54, 1.807) is 0 Å². The molecule has 164 valence electrons. The zero-order chi connectivity index (χ0) is 22.5. The zero-order valence-electron chi connectivity index (χ0n) is 19.4. The van der Waals surface area contributed by atoms with Gasteiger partial charge in [-0.15, -0.1) is 0 Å². The second-order valence-corrected chi connectivity index (χ2v) is 9.40. The fourth-order valence-electron chi connectivity index (χ4n) is 3.27. The van der Waals surface area contributed by atoms with Crippen LogP contribution < -0.4 is 10.1 Å². The summed E-state index contributed by atoms with van der Waals surface area (Å²) >= 11 is 0. The Hall–Kier alpha value is -2.70. The lowest BCUT2D eigenvalue weighted by Gasteiger charge is -2.33. The van der Waals surface area contributed by atoms with Crippen LogP contribution in [0.1, 0.15) is 59.4 Å². The van der Waals surface area contributed by atoms with Crippen LogP contribution in [0.3, 0.4) is 0 Å². The molecule has 2 aromatic rings. The summed E-state index contributed by atoms with van der Waals surface area (Å²) < 4.78 is 11.5. The van der Waals surface area contributed by atoms with E-state index >= 15 is 0 Å². The SMILES string of the molecule is Cc1cc(-c2ccc(OC[C@](C)(CC(C)C)NC(=O)OC(C)(C)C)c(C)n2)ncn1. The number of rotatable bonds is 7. The maximum atomic E-state index is 12.3. The Labute approximate surface area is 179 Å². The maximum Gasteiger partial charge on any atom is 0.408 e. The Morgan fingerprint density at radius 2 is 1.80 bits per heavy atom. The summed E-state index contributed by atoms with van der Waals surface area (Å²) in [6.45, 7) is 15.9. The van der Waals surface area contributed by atoms with Gasteiger partial charge in [0.2, 0.25) is 0 Å². The number of pyridine rings is 1. The summed E-state index contributed by atoms with van der Waals surface area (Å²) in [5.41, 5.74) is 2.05. The van der Waals surface area contributed by atoms with E-state index in [1.807, 2.05) is 59.7 Å². The van der Waals surface area contributed by atoms with Crippen molar-refractivity contribution in [3.8, 4) is 17.1 Å². The number of nitrogens with zero attached hydrogens (tertiary/aromatic N) is 3. The molecule has 1 amide bonds. The van der Waals surface area contributed by atoms with Gasteiger partial charge in [0.15, 0.2) is 0 Å². The van der Waals surface area contributed by atoms with Crippen molar-refractivity contribution in [1.29, 1.82) is 0 Å². The van der Waals surface area contributed by atoms with Crippen molar-refractivity contribution in [3.05, 3.63) is 35.9 Å². The Balaban J connectivity index is 2.13. The zero-order valence-corrected chi connectivity index (χ0v) is 19.4. The fourth-order valence-corrected chi connectivity index (χ4v) is 3.27. The number of carbonyl (C=O) groups excluding carboxylic acids is 1. The second kappa shape index (κ2) is 9.41. The molecule has 1 N–H and O–H groups in total. The summed E-state index contributed by atoms with van der Waals surface area (Å²) in [6.07, 6.45) is 1.83. The van der Waals surface area contributed by atoms with Crippen LogP contribution in [-0.4, -0.2) is 38.8 Å². The molecular weight excluding hydrogens is 380 g/mol. The minimum absolute atomic E-state index is 0.304. The molecule has 0 saturated heterocycles. The van der Waals surface area contributed by atoms with Crippen LogP contribution in [0.25, 0.3) is 11.4 Å². The van der Waals surface area contributed by atoms with Crippen LogP contribution in [-0.2, 0) is 4.74 Å². The molecule has 0 unspecified atom stereocenters. The van der Waals surface area contributed by atoms with Gasteiger partial charge in [0.05, 0.1) is 22.6 Å². The maximum absolute atomic E-state index is 12.3. The van der Waals surface area contributed by atoms with Crippen LogP contribution in [0, 0.1) is 19.8 Å². The molecule has 0 aliphatic heterocycles. The molecule has 0 radical (unpaired) electrons. The van der Waals surface area contributed by atoms with Gasteiger partial charge in [0.1, 0.15) is 24.3 Å². The average Bonchev–Trinajstić information content (AvgIpc) is 2.58. The highest BCUT2D eigenvalue weighted by Gasteiger charge is 2.31. The Bertz CT molecular complexity index is 877. The molecule has 0 bridgehead atoms. The van der Waals surface area contributed by atoms with E-state index in [1.165, 1.54) is 6.33 Å². The van der Waals surface area contributed by atoms with Gasteiger partial charge in [-0.2, -0.15) is 0 Å². The van der Waals surface area contributed by atoms with Crippen molar-refractivity contribution in [1.82, 2.24) is 20.3 Å². The summed E-state index contributed by atoms with van der Waals surface area (Å²) in [5, 5.41) is 2.99. The third-order valence-electron chi connectivity index (χ3n) is 4.31. The second-order valence-electron chi connectivity index (χ2n) is 9.40. The molecule has 0 aliphatic carbocycles. The van der Waals surface area contributed by atoms with E-state index in [-0.39, 0.29) is 0 Å². The summed E-state index contributed by atoms with van der Waals surface area (Å²) in [7, 11) is 0. The van der Waals surface area contributed by atoms with Gasteiger partial charge in [-0.3, -0.25) is 0 Å². The first-order chi connectivity index (χ1) is 13.9. The van der Waals surface area contributed by atoms with Gasteiger partial charge in [-0.05, 0) is 72.1 Å². The molecule has 2 heterocycles. The third kappa shape index (κ3) is 7.28. The minimum atomic E-state index is -0.578. The van der Waals surface area contributed by atoms with Crippen molar-refractivity contribution in [2.75, 3.05) is 6.61 Å². The van der Waals surface area contributed by atoms with E-state index in [4.69, 9.17) is 9.47 Å². The van der Waals surface area contributed by atoms with E-state index in [0.717, 1.165) is 29.2 Å². The molecule has 2 rings (SSSR count). The number of hydrogen-bond acceptors (Lipinski definition) is 6. The van der Waals surface area contributed by atoms with Crippen molar-refractivity contribution < 1.29 is 14.3 Å². The highest BCUT2D eigenvalue weighted by atomic mass is 16.6. The number of carbonyl (C=O) groups is 1. The van der Waals surface area contributed by atoms with Crippen LogP contribution in [0.15, 0.2) is 24.5 Å². The molecule has 1 atom stereocenters. The number of nitrogens with one attached hydrogen (secondary N) is 1. The predicted molar refractivity (Wildman–Crippen MR) is 117 cm³/mol. The molecule has 7 nitrogen and oxygen atoms in total. The van der Waals surface area contributed by atoms with Gasteiger partial charge in [-0.1, -0.05) is 13.8 Å². The average molecular weight is 415 g/mol. The molecule has 2 aromatic heterocycles. The lowest BCUT2D eigenvalue weighted by atomic mass is 9.91. The first-order valence-corrected chi connectivity index (χ1v) is 10.3. The molecule has 30 heavy (non-hydrogen) atoms. The van der Waals surface area contributed by atoms with Gasteiger partial charge in [0, 0.05) is 5.69 Å². The van der Waals surface area contributed by atoms with E-state index < -0.39 is 17.2 Å². The number of aryl methyl sites for hydroxylation is 2. The van der Waals surface area contributed by atoms with Gasteiger partial charge in [0.25, 0.3) is 0 Å². The number of aromatic nitrogens is 3. The first kappa shape index (κ1) is 23.6. The van der Waals surface area contributed by atoms with Crippen molar-refractivity contribution in [3.63, 3.8) is 0 Å². The highest BCUT2D eigenvalue weighted by molar-refractivity contribution is 5.68. The predicted octanol–water partition coefficient (Wildman–Crippen LogP) is 4.86. The van der Waals surface area contributed by atoms with Gasteiger partial charge in [-0.25, -0.2) is 19.7 Å². The molecule has 7 heteroatoms. The van der Waals surface area contributed by atoms with Crippen LogP contribution in [0.4, 0.5) is 4.79 Å². The lowest BCUT2D eigenvalue weighted by Crippen LogP contribution is -2.52. The standard InChI is InChI=1S/C23H34N4O3/c1-15(2)12-23(8,27-21(28)30-22(5,6)7)13-29-20-10-9-18(26-17(20)4)19-11-16(3)24-14-25-19/h9-11,14-15H,12-13H2,1-8H3,(H,27,28)/t23-/m0/s1. The number of ether oxygens (including phenoxy) is 2. The van der Waals surface area contributed by atoms with Gasteiger partial charge >= 0.3 is 6.09 Å². The van der Waals surface area contributed by atoms with Crippen molar-refractivity contribution in [2.24, 2.45) is 5.92 Å². The van der Waals surface area contributed by atoms with Crippen molar-refractivity contribution in [2.45, 2.75) is 73.0 Å². The molecule has 0 spiro atoms. The van der Waals surface area contributed by atoms with Crippen molar-refractivity contribution >= 4 is 6.09 Å². The molecule has 0 aromatic carbocycles. The van der Waals surface area contributed by atoms with E-state index in [9.17, 15) is 4.79 Å². The lowest BCUT2D eigenvalue weighted by molar-refractivity contribution is 0.0407. The van der Waals surface area contributed by atoms with Crippen LogP contribution in [0.2, 0.25) is 0 Å². The minimum Gasteiger partial charge on any atom is -0.489 e. The Morgan fingerprint density at radius 1 is 1.10 bits per heavy atom. The normalized spacial score (nSPS) is 13.6. The quantitative estimate of drug-likeness (QED) is 0.696. The summed E-state index contributed by atoms with van der Waals surface area (Å²) in [6, 6.07) is 5.66. The van der Waals surface area contributed by atoms with Crippen LogP contribution >= 0.6 is 0 Å². The van der Waals surface area contributed by atoms with Gasteiger partial charge < -0.3 is 14.8 Å². The Kier molecular flexibility index (Phi) is 7.39.